The molecule has 0 saturated heterocycles. The number of nitrogens with one attached hydrogen (secondary N) is 1. The summed E-state index contributed by atoms with van der Waals surface area (Å²) in [5, 5.41) is 2.86. The van der Waals surface area contributed by atoms with Gasteiger partial charge in [-0.3, -0.25) is 4.79 Å². The van der Waals surface area contributed by atoms with Gasteiger partial charge in [0.15, 0.2) is 11.5 Å². The van der Waals surface area contributed by atoms with Crippen LogP contribution in [0.5, 0.6) is 11.5 Å². The van der Waals surface area contributed by atoms with Crippen LogP contribution in [0.25, 0.3) is 0 Å². The molecule has 0 aliphatic rings. The third kappa shape index (κ3) is 7.52. The van der Waals surface area contributed by atoms with E-state index in [1.54, 1.807) is 0 Å². The van der Waals surface area contributed by atoms with Gasteiger partial charge in [0.05, 0.1) is 13.2 Å². The van der Waals surface area contributed by atoms with Crippen molar-refractivity contribution < 1.29 is 14.3 Å². The highest BCUT2D eigenvalue weighted by atomic mass is 35.5. The lowest BCUT2D eigenvalue weighted by Crippen LogP contribution is -2.31. The van der Waals surface area contributed by atoms with Gasteiger partial charge in [-0.05, 0) is 44.9 Å². The quantitative estimate of drug-likeness (QED) is 0.728. The number of nitrogens with two attached hydrogens (primary N) is 1. The Labute approximate surface area is 139 Å². The van der Waals surface area contributed by atoms with Crippen LogP contribution in [0.3, 0.4) is 0 Å². The van der Waals surface area contributed by atoms with E-state index in [0.717, 1.165) is 23.5 Å². The summed E-state index contributed by atoms with van der Waals surface area (Å²) in [7, 11) is 0. The van der Waals surface area contributed by atoms with Crippen molar-refractivity contribution in [3.63, 3.8) is 0 Å². The van der Waals surface area contributed by atoms with Crippen LogP contribution in [-0.4, -0.2) is 31.7 Å². The summed E-state index contributed by atoms with van der Waals surface area (Å²) in [6.07, 6.45) is 1.10. The van der Waals surface area contributed by atoms with Crippen LogP contribution >= 0.6 is 12.4 Å². The molecule has 0 aliphatic carbocycles. The molecule has 1 aromatic carbocycles. The number of benzene rings is 1. The molecular weight excluding hydrogens is 304 g/mol. The number of carbonyl (C=O) groups is 1. The first-order chi connectivity index (χ1) is 10.1. The van der Waals surface area contributed by atoms with E-state index in [4.69, 9.17) is 15.2 Å². The third-order valence-corrected chi connectivity index (χ3v) is 2.85. The van der Waals surface area contributed by atoms with Crippen LogP contribution in [0.15, 0.2) is 18.2 Å². The Hall–Kier alpha value is -1.46. The number of carbonyl (C=O) groups excluding carboxylic acids is 1. The van der Waals surface area contributed by atoms with Crippen LogP contribution < -0.4 is 20.5 Å². The molecule has 126 valence electrons. The largest absolute Gasteiger partial charge is 0.490 e. The van der Waals surface area contributed by atoms with Gasteiger partial charge in [-0.1, -0.05) is 6.07 Å². The molecule has 22 heavy (non-hydrogen) atoms. The molecule has 0 aliphatic heterocycles. The summed E-state index contributed by atoms with van der Waals surface area (Å²) in [5.41, 5.74) is 6.68. The van der Waals surface area contributed by atoms with Gasteiger partial charge in [0.25, 0.3) is 0 Å². The lowest BCUT2D eigenvalue weighted by Gasteiger charge is -2.13. The monoisotopic (exact) mass is 330 g/mol. The maximum absolute atomic E-state index is 11.5. The van der Waals surface area contributed by atoms with E-state index in [0.29, 0.717) is 26.2 Å². The fourth-order valence-corrected chi connectivity index (χ4v) is 1.96. The highest BCUT2D eigenvalue weighted by molar-refractivity contribution is 5.85. The molecule has 1 rings (SSSR count). The number of amides is 1. The number of halogens is 1. The topological polar surface area (TPSA) is 73.6 Å². The first-order valence-electron chi connectivity index (χ1n) is 7.47. The van der Waals surface area contributed by atoms with Crippen LogP contribution in [0.1, 0.15) is 32.8 Å². The molecule has 1 unspecified atom stereocenters. The molecule has 0 bridgehead atoms. The molecule has 5 nitrogen and oxygen atoms in total. The molecule has 6 heteroatoms. The number of hydrogen-bond donors (Lipinski definition) is 2. The number of ether oxygens (including phenoxy) is 2. The van der Waals surface area contributed by atoms with Crippen LogP contribution in [0.4, 0.5) is 0 Å². The van der Waals surface area contributed by atoms with E-state index in [2.05, 4.69) is 5.32 Å². The molecular formula is C16H27ClN2O3. The molecule has 1 amide bonds. The average molecular weight is 331 g/mol. The molecule has 1 atom stereocenters. The fraction of sp³-hybridized carbons (Fsp3) is 0.562. The summed E-state index contributed by atoms with van der Waals surface area (Å²) >= 11 is 0. The van der Waals surface area contributed by atoms with E-state index in [-0.39, 0.29) is 24.4 Å². The predicted molar refractivity (Wildman–Crippen MR) is 91.0 cm³/mol. The number of hydrogen-bond acceptors (Lipinski definition) is 4. The van der Waals surface area contributed by atoms with E-state index in [1.807, 2.05) is 39.0 Å². The van der Waals surface area contributed by atoms with Crippen LogP contribution in [-0.2, 0) is 11.2 Å². The Morgan fingerprint density at radius 1 is 1.23 bits per heavy atom. The zero-order chi connectivity index (χ0) is 15.7. The molecule has 1 aromatic rings. The molecule has 0 aromatic heterocycles. The molecule has 0 saturated carbocycles. The molecule has 0 radical (unpaired) electrons. The minimum Gasteiger partial charge on any atom is -0.490 e. The molecule has 0 spiro atoms. The lowest BCUT2D eigenvalue weighted by atomic mass is 10.1. The smallest absolute Gasteiger partial charge is 0.221 e. The van der Waals surface area contributed by atoms with Crippen LogP contribution in [0.2, 0.25) is 0 Å². The second-order valence-corrected chi connectivity index (χ2v) is 4.93. The van der Waals surface area contributed by atoms with E-state index < -0.39 is 0 Å². The molecule has 3 N–H and O–H groups in total. The van der Waals surface area contributed by atoms with Gasteiger partial charge in [-0.2, -0.15) is 0 Å². The second kappa shape index (κ2) is 11.2. The van der Waals surface area contributed by atoms with E-state index >= 15 is 0 Å². The normalized spacial score (nSPS) is 11.3. The van der Waals surface area contributed by atoms with E-state index in [1.165, 1.54) is 0 Å². The average Bonchev–Trinajstić information content (AvgIpc) is 2.41. The summed E-state index contributed by atoms with van der Waals surface area (Å²) in [4.78, 5) is 11.5. The SMILES string of the molecule is CCOc1ccc(CCNC(=O)CC(C)N)cc1OCC.Cl. The standard InChI is InChI=1S/C16H26N2O3.ClH/c1-4-20-14-7-6-13(11-15(14)21-5-2)8-9-18-16(19)10-12(3)17;/h6-7,11-12H,4-5,8-10,17H2,1-3H3,(H,18,19);1H. The summed E-state index contributed by atoms with van der Waals surface area (Å²) in [5.74, 6) is 1.49. The first kappa shape index (κ1) is 20.5. The Morgan fingerprint density at radius 2 is 1.86 bits per heavy atom. The molecule has 0 heterocycles. The van der Waals surface area contributed by atoms with Gasteiger partial charge in [-0.15, -0.1) is 12.4 Å². The van der Waals surface area contributed by atoms with Crippen molar-refractivity contribution >= 4 is 18.3 Å². The summed E-state index contributed by atoms with van der Waals surface area (Å²) < 4.78 is 11.1. The summed E-state index contributed by atoms with van der Waals surface area (Å²) in [6, 6.07) is 5.76. The predicted octanol–water partition coefficient (Wildman–Crippen LogP) is 2.30. The lowest BCUT2D eigenvalue weighted by molar-refractivity contribution is -0.121. The Balaban J connectivity index is 0.00000441. The Bertz CT molecular complexity index is 453. The van der Waals surface area contributed by atoms with E-state index in [9.17, 15) is 4.79 Å². The fourth-order valence-electron chi connectivity index (χ4n) is 1.96. The van der Waals surface area contributed by atoms with Crippen LogP contribution in [0, 0.1) is 0 Å². The van der Waals surface area contributed by atoms with Crippen molar-refractivity contribution in [3.05, 3.63) is 23.8 Å². The first-order valence-corrected chi connectivity index (χ1v) is 7.47. The minimum absolute atomic E-state index is 0. The van der Waals surface area contributed by atoms with Crippen molar-refractivity contribution in [1.29, 1.82) is 0 Å². The van der Waals surface area contributed by atoms with Crippen molar-refractivity contribution in [3.8, 4) is 11.5 Å². The Morgan fingerprint density at radius 3 is 2.45 bits per heavy atom. The molecule has 0 fully saturated rings. The summed E-state index contributed by atoms with van der Waals surface area (Å²) in [6.45, 7) is 7.49. The van der Waals surface area contributed by atoms with Gasteiger partial charge in [0.2, 0.25) is 5.91 Å². The van der Waals surface area contributed by atoms with Crippen molar-refractivity contribution in [2.45, 2.75) is 39.7 Å². The Kier molecular flexibility index (Phi) is 10.4. The number of rotatable bonds is 9. The van der Waals surface area contributed by atoms with Gasteiger partial charge < -0.3 is 20.5 Å². The van der Waals surface area contributed by atoms with Crippen molar-refractivity contribution in [2.24, 2.45) is 5.73 Å². The zero-order valence-corrected chi connectivity index (χ0v) is 14.4. The van der Waals surface area contributed by atoms with Gasteiger partial charge in [0.1, 0.15) is 0 Å². The zero-order valence-electron chi connectivity index (χ0n) is 13.6. The minimum atomic E-state index is -0.111. The maximum Gasteiger partial charge on any atom is 0.221 e. The van der Waals surface area contributed by atoms with Crippen molar-refractivity contribution in [1.82, 2.24) is 5.32 Å². The van der Waals surface area contributed by atoms with Gasteiger partial charge in [-0.25, -0.2) is 0 Å². The maximum atomic E-state index is 11.5. The highest BCUT2D eigenvalue weighted by Gasteiger charge is 2.07. The third-order valence-electron chi connectivity index (χ3n) is 2.85. The van der Waals surface area contributed by atoms with Crippen molar-refractivity contribution in [2.75, 3.05) is 19.8 Å². The second-order valence-electron chi connectivity index (χ2n) is 4.93. The highest BCUT2D eigenvalue weighted by Crippen LogP contribution is 2.28. The van der Waals surface area contributed by atoms with Gasteiger partial charge in [0, 0.05) is 19.0 Å². The van der Waals surface area contributed by atoms with Gasteiger partial charge >= 0.3 is 0 Å².